The van der Waals surface area contributed by atoms with Crippen LogP contribution in [0.1, 0.15) is 17.2 Å². The zero-order valence-electron chi connectivity index (χ0n) is 16.0. The summed E-state index contributed by atoms with van der Waals surface area (Å²) in [4.78, 5) is 0.405. The van der Waals surface area contributed by atoms with E-state index in [2.05, 4.69) is 4.72 Å². The van der Waals surface area contributed by atoms with Crippen LogP contribution in [0.25, 0.3) is 0 Å². The number of thioether (sulfide) groups is 1. The molecule has 3 rings (SSSR count). The van der Waals surface area contributed by atoms with Gasteiger partial charge in [-0.3, -0.25) is 0 Å². The summed E-state index contributed by atoms with van der Waals surface area (Å²) >= 11 is 0.996. The molecule has 0 radical (unpaired) electrons. The Kier molecular flexibility index (Phi) is 7.03. The van der Waals surface area contributed by atoms with Crippen LogP contribution >= 0.6 is 11.8 Å². The second-order valence-corrected chi connectivity index (χ2v) is 9.40. The second kappa shape index (κ2) is 9.37. The summed E-state index contributed by atoms with van der Waals surface area (Å²) in [7, 11) is -4.33. The summed E-state index contributed by atoms with van der Waals surface area (Å²) in [6.45, 7) is 1.73. The molecule has 0 heterocycles. The maximum absolute atomic E-state index is 14.4. The van der Waals surface area contributed by atoms with Crippen LogP contribution in [0.15, 0.2) is 64.4 Å². The zero-order valence-corrected chi connectivity index (χ0v) is 17.6. The third kappa shape index (κ3) is 5.08. The molecule has 3 aromatic carbocycles. The van der Waals surface area contributed by atoms with Gasteiger partial charge in [-0.25, -0.2) is 35.1 Å². The molecule has 0 aromatic heterocycles. The summed E-state index contributed by atoms with van der Waals surface area (Å²) < 4.78 is 97.6. The van der Waals surface area contributed by atoms with Crippen LogP contribution in [0.5, 0.6) is 0 Å². The van der Waals surface area contributed by atoms with Crippen LogP contribution in [-0.2, 0) is 10.0 Å². The van der Waals surface area contributed by atoms with E-state index in [0.717, 1.165) is 17.3 Å². The lowest BCUT2D eigenvalue weighted by Crippen LogP contribution is -2.32. The van der Waals surface area contributed by atoms with Crippen LogP contribution in [0, 0.1) is 36.0 Å². The monoisotopic (exact) mass is 473 g/mol. The van der Waals surface area contributed by atoms with Crippen molar-refractivity contribution >= 4 is 21.8 Å². The van der Waals surface area contributed by atoms with E-state index in [1.165, 1.54) is 24.3 Å². The minimum absolute atomic E-state index is 0.211. The van der Waals surface area contributed by atoms with Gasteiger partial charge in [0.05, 0.1) is 10.9 Å². The number of rotatable bonds is 7. The Morgan fingerprint density at radius 3 is 1.87 bits per heavy atom. The number of sulfonamides is 1. The molecule has 1 atom stereocenters. The number of hydrogen-bond donors (Lipinski definition) is 1. The summed E-state index contributed by atoms with van der Waals surface area (Å²) in [6, 6.07) is 12.3. The zero-order chi connectivity index (χ0) is 22.8. The summed E-state index contributed by atoms with van der Waals surface area (Å²) in [6.07, 6.45) is 0. The first-order chi connectivity index (χ1) is 14.6. The number of aryl methyl sites for hydroxylation is 1. The highest BCUT2D eigenvalue weighted by Crippen LogP contribution is 2.32. The third-order valence-corrected chi connectivity index (χ3v) is 6.97. The second-order valence-electron chi connectivity index (χ2n) is 6.59. The smallest absolute Gasteiger partial charge is 0.207 e. The number of hydrogen-bond acceptors (Lipinski definition) is 3. The molecule has 0 saturated heterocycles. The quantitative estimate of drug-likeness (QED) is 0.213. The first kappa shape index (κ1) is 23.2. The molecule has 0 saturated carbocycles. The fraction of sp³-hybridized carbons (Fsp3) is 0.143. The van der Waals surface area contributed by atoms with Gasteiger partial charge in [-0.05, 0) is 31.2 Å². The van der Waals surface area contributed by atoms with Crippen LogP contribution in [-0.4, -0.2) is 14.2 Å². The Morgan fingerprint density at radius 1 is 0.806 bits per heavy atom. The fourth-order valence-electron chi connectivity index (χ4n) is 2.77. The molecule has 0 amide bonds. The molecule has 1 N–H and O–H groups in total. The van der Waals surface area contributed by atoms with Gasteiger partial charge in [0.25, 0.3) is 0 Å². The standard InChI is InChI=1S/C21H16F5NO2S2/c1-12-7-9-14(10-8-12)31(28,29)27-15(11-30-13-5-3-2-4-6-13)16-17(22)19(24)21(26)20(25)18(16)23/h2-10,15,27H,11H2,1H3. The van der Waals surface area contributed by atoms with E-state index in [1.54, 1.807) is 37.3 Å². The molecule has 0 aliphatic carbocycles. The van der Waals surface area contributed by atoms with Crippen molar-refractivity contribution in [2.45, 2.75) is 22.8 Å². The average molecular weight is 473 g/mol. The first-order valence-corrected chi connectivity index (χ1v) is 11.4. The molecule has 0 aliphatic rings. The van der Waals surface area contributed by atoms with E-state index in [4.69, 9.17) is 0 Å². The summed E-state index contributed by atoms with van der Waals surface area (Å²) in [5, 5.41) is 0. The van der Waals surface area contributed by atoms with Gasteiger partial charge in [-0.2, -0.15) is 0 Å². The molecule has 164 valence electrons. The van der Waals surface area contributed by atoms with Crippen molar-refractivity contribution in [3.05, 3.63) is 94.8 Å². The van der Waals surface area contributed by atoms with E-state index in [0.29, 0.717) is 4.90 Å². The Labute approximate surface area is 180 Å². The van der Waals surface area contributed by atoms with Gasteiger partial charge in [-0.1, -0.05) is 35.9 Å². The predicted molar refractivity (Wildman–Crippen MR) is 108 cm³/mol. The Bertz CT molecular complexity index is 1160. The molecule has 3 nitrogen and oxygen atoms in total. The lowest BCUT2D eigenvalue weighted by atomic mass is 10.1. The van der Waals surface area contributed by atoms with Crippen molar-refractivity contribution in [3.63, 3.8) is 0 Å². The average Bonchev–Trinajstić information content (AvgIpc) is 2.75. The molecule has 0 bridgehead atoms. The SMILES string of the molecule is Cc1ccc(S(=O)(=O)NC(CSc2ccccc2)c2c(F)c(F)c(F)c(F)c2F)cc1. The highest BCUT2D eigenvalue weighted by molar-refractivity contribution is 7.99. The van der Waals surface area contributed by atoms with Crippen molar-refractivity contribution < 1.29 is 30.4 Å². The largest absolute Gasteiger partial charge is 0.241 e. The van der Waals surface area contributed by atoms with Crippen molar-refractivity contribution in [2.75, 3.05) is 5.75 Å². The minimum atomic E-state index is -4.33. The lowest BCUT2D eigenvalue weighted by Gasteiger charge is -2.21. The fourth-order valence-corrected chi connectivity index (χ4v) is 5.04. The van der Waals surface area contributed by atoms with Crippen molar-refractivity contribution in [1.82, 2.24) is 4.72 Å². The maximum Gasteiger partial charge on any atom is 0.241 e. The van der Waals surface area contributed by atoms with Gasteiger partial charge >= 0.3 is 0 Å². The molecular formula is C21H16F5NO2S2. The topological polar surface area (TPSA) is 46.2 Å². The van der Waals surface area contributed by atoms with Crippen molar-refractivity contribution in [1.29, 1.82) is 0 Å². The Hall–Kier alpha value is -2.43. The van der Waals surface area contributed by atoms with Gasteiger partial charge < -0.3 is 0 Å². The van der Waals surface area contributed by atoms with E-state index in [-0.39, 0.29) is 10.6 Å². The molecule has 0 fully saturated rings. The van der Waals surface area contributed by atoms with Crippen LogP contribution in [0.3, 0.4) is 0 Å². The van der Waals surface area contributed by atoms with Gasteiger partial charge in [0.2, 0.25) is 15.8 Å². The maximum atomic E-state index is 14.4. The number of benzene rings is 3. The van der Waals surface area contributed by atoms with Crippen molar-refractivity contribution in [2.24, 2.45) is 0 Å². The van der Waals surface area contributed by atoms with Gasteiger partial charge in [0.1, 0.15) is 0 Å². The normalized spacial score (nSPS) is 12.7. The van der Waals surface area contributed by atoms with E-state index >= 15 is 0 Å². The minimum Gasteiger partial charge on any atom is -0.207 e. The highest BCUT2D eigenvalue weighted by atomic mass is 32.2. The van der Waals surface area contributed by atoms with Crippen LogP contribution < -0.4 is 4.72 Å². The molecule has 10 heteroatoms. The lowest BCUT2D eigenvalue weighted by molar-refractivity contribution is 0.364. The molecule has 3 aromatic rings. The van der Waals surface area contributed by atoms with Crippen molar-refractivity contribution in [3.8, 4) is 0 Å². The van der Waals surface area contributed by atoms with Crippen LogP contribution in [0.2, 0.25) is 0 Å². The summed E-state index contributed by atoms with van der Waals surface area (Å²) in [5.41, 5.74) is -0.467. The van der Waals surface area contributed by atoms with E-state index in [1.807, 2.05) is 0 Å². The summed E-state index contributed by atoms with van der Waals surface area (Å²) in [5.74, 6) is -11.1. The molecular weight excluding hydrogens is 457 g/mol. The molecule has 0 aliphatic heterocycles. The van der Waals surface area contributed by atoms with Gasteiger partial charge in [-0.15, -0.1) is 11.8 Å². The van der Waals surface area contributed by atoms with Crippen LogP contribution in [0.4, 0.5) is 22.0 Å². The Morgan fingerprint density at radius 2 is 1.32 bits per heavy atom. The first-order valence-electron chi connectivity index (χ1n) is 8.90. The molecule has 1 unspecified atom stereocenters. The number of halogens is 5. The molecule has 31 heavy (non-hydrogen) atoms. The Balaban J connectivity index is 2.04. The predicted octanol–water partition coefficient (Wildman–Crippen LogP) is 5.50. The third-order valence-electron chi connectivity index (χ3n) is 4.38. The van der Waals surface area contributed by atoms with Gasteiger partial charge in [0.15, 0.2) is 23.3 Å². The highest BCUT2D eigenvalue weighted by Gasteiger charge is 2.33. The number of nitrogens with one attached hydrogen (secondary N) is 1. The van der Waals surface area contributed by atoms with Gasteiger partial charge in [0, 0.05) is 16.2 Å². The molecule has 0 spiro atoms. The van der Waals surface area contributed by atoms with E-state index < -0.39 is 50.7 Å². The van der Waals surface area contributed by atoms with E-state index in [9.17, 15) is 30.4 Å².